The van der Waals surface area contributed by atoms with E-state index in [1.165, 1.54) is 24.3 Å². The Kier molecular flexibility index (Phi) is 6.20. The van der Waals surface area contributed by atoms with E-state index in [0.29, 0.717) is 12.0 Å². The molecule has 3 rings (SSSR count). The number of carbonyl (C=O) groups excluding carboxylic acids is 1. The van der Waals surface area contributed by atoms with Crippen LogP contribution in [0.5, 0.6) is 0 Å². The number of amides is 1. The molecule has 4 nitrogen and oxygen atoms in total. The minimum atomic E-state index is -4.44. The molecule has 0 bridgehead atoms. The fraction of sp³-hybridized carbons (Fsp3) is 0.130. The van der Waals surface area contributed by atoms with E-state index >= 15 is 0 Å². The van der Waals surface area contributed by atoms with Crippen LogP contribution in [0.25, 0.3) is 11.1 Å². The van der Waals surface area contributed by atoms with Gasteiger partial charge in [-0.1, -0.05) is 54.6 Å². The SMILES string of the molecule is O=C(CCc1ccc(-c2ccccc2C(F)(F)F)cc1)Nc1ccccc1C(=O)O. The van der Waals surface area contributed by atoms with Crippen LogP contribution in [0.2, 0.25) is 0 Å². The molecule has 0 saturated carbocycles. The van der Waals surface area contributed by atoms with Crippen molar-refractivity contribution in [3.05, 3.63) is 89.5 Å². The number of aryl methyl sites for hydroxylation is 1. The molecule has 0 atom stereocenters. The Morgan fingerprint density at radius 1 is 0.867 bits per heavy atom. The van der Waals surface area contributed by atoms with Crippen molar-refractivity contribution in [1.82, 2.24) is 0 Å². The number of para-hydroxylation sites is 1. The fourth-order valence-corrected chi connectivity index (χ4v) is 3.08. The molecule has 0 heterocycles. The molecular weight excluding hydrogens is 395 g/mol. The summed E-state index contributed by atoms with van der Waals surface area (Å²) in [5.41, 5.74) is 0.831. The molecule has 7 heteroatoms. The molecule has 0 aliphatic heterocycles. The number of hydrogen-bond acceptors (Lipinski definition) is 2. The molecule has 0 aliphatic carbocycles. The lowest BCUT2D eigenvalue weighted by atomic mass is 9.97. The van der Waals surface area contributed by atoms with E-state index in [0.717, 1.165) is 11.6 Å². The molecule has 0 fully saturated rings. The lowest BCUT2D eigenvalue weighted by Crippen LogP contribution is -2.15. The molecule has 0 aromatic heterocycles. The summed E-state index contributed by atoms with van der Waals surface area (Å²) < 4.78 is 39.6. The summed E-state index contributed by atoms with van der Waals surface area (Å²) in [5, 5.41) is 11.7. The minimum absolute atomic E-state index is 0.00136. The average molecular weight is 413 g/mol. The van der Waals surface area contributed by atoms with Gasteiger partial charge in [0.15, 0.2) is 0 Å². The molecule has 2 N–H and O–H groups in total. The van der Waals surface area contributed by atoms with E-state index in [2.05, 4.69) is 5.32 Å². The number of carboxylic acids is 1. The van der Waals surface area contributed by atoms with Crippen LogP contribution in [0.1, 0.15) is 27.9 Å². The van der Waals surface area contributed by atoms with E-state index in [9.17, 15) is 22.8 Å². The number of nitrogens with one attached hydrogen (secondary N) is 1. The number of carbonyl (C=O) groups is 2. The van der Waals surface area contributed by atoms with Gasteiger partial charge in [0.25, 0.3) is 0 Å². The zero-order valence-corrected chi connectivity index (χ0v) is 15.7. The van der Waals surface area contributed by atoms with E-state index in [1.54, 1.807) is 42.5 Å². The van der Waals surface area contributed by atoms with Gasteiger partial charge < -0.3 is 10.4 Å². The van der Waals surface area contributed by atoms with Crippen molar-refractivity contribution in [2.45, 2.75) is 19.0 Å². The van der Waals surface area contributed by atoms with Crippen LogP contribution < -0.4 is 5.32 Å². The van der Waals surface area contributed by atoms with Gasteiger partial charge >= 0.3 is 12.1 Å². The maximum absolute atomic E-state index is 13.2. The molecule has 0 saturated heterocycles. The molecule has 154 valence electrons. The Bertz CT molecular complexity index is 1060. The van der Waals surface area contributed by atoms with Crippen LogP contribution in [0, 0.1) is 0 Å². The lowest BCUT2D eigenvalue weighted by Gasteiger charge is -2.13. The summed E-state index contributed by atoms with van der Waals surface area (Å²) in [6.45, 7) is 0. The minimum Gasteiger partial charge on any atom is -0.478 e. The summed E-state index contributed by atoms with van der Waals surface area (Å²) >= 11 is 0. The van der Waals surface area contributed by atoms with Gasteiger partial charge in [0, 0.05) is 6.42 Å². The molecule has 0 radical (unpaired) electrons. The Balaban J connectivity index is 1.66. The van der Waals surface area contributed by atoms with Crippen LogP contribution in [-0.4, -0.2) is 17.0 Å². The Morgan fingerprint density at radius 3 is 2.17 bits per heavy atom. The zero-order valence-electron chi connectivity index (χ0n) is 15.7. The van der Waals surface area contributed by atoms with Crippen molar-refractivity contribution in [3.8, 4) is 11.1 Å². The molecule has 30 heavy (non-hydrogen) atoms. The number of carboxylic acid groups (broad SMARTS) is 1. The number of halogens is 3. The highest BCUT2D eigenvalue weighted by Crippen LogP contribution is 2.36. The predicted molar refractivity (Wildman–Crippen MR) is 107 cm³/mol. The van der Waals surface area contributed by atoms with Gasteiger partial charge in [0.05, 0.1) is 16.8 Å². The molecular formula is C23H18F3NO3. The Labute approximate surface area is 171 Å². The number of anilines is 1. The van der Waals surface area contributed by atoms with Gasteiger partial charge in [-0.05, 0) is 41.3 Å². The largest absolute Gasteiger partial charge is 0.478 e. The third-order valence-electron chi connectivity index (χ3n) is 4.57. The van der Waals surface area contributed by atoms with Crippen LogP contribution in [0.3, 0.4) is 0 Å². The van der Waals surface area contributed by atoms with Crippen LogP contribution in [0.15, 0.2) is 72.8 Å². The van der Waals surface area contributed by atoms with Crippen molar-refractivity contribution in [1.29, 1.82) is 0 Å². The van der Waals surface area contributed by atoms with Crippen molar-refractivity contribution >= 4 is 17.6 Å². The second-order valence-corrected chi connectivity index (χ2v) is 6.64. The number of rotatable bonds is 6. The standard InChI is InChI=1S/C23H18F3NO3/c24-23(25,26)19-7-3-1-5-17(19)16-12-9-15(10-13-16)11-14-21(28)27-20-8-4-2-6-18(20)22(29)30/h1-10,12-13H,11,14H2,(H,27,28)(H,29,30). The van der Waals surface area contributed by atoms with Gasteiger partial charge in [0.2, 0.25) is 5.91 Å². The molecule has 0 aliphatic rings. The normalized spacial score (nSPS) is 11.2. The highest BCUT2D eigenvalue weighted by molar-refractivity contribution is 6.00. The summed E-state index contributed by atoms with van der Waals surface area (Å²) in [4.78, 5) is 23.4. The summed E-state index contributed by atoms with van der Waals surface area (Å²) in [6.07, 6.45) is -3.98. The maximum Gasteiger partial charge on any atom is 0.417 e. The van der Waals surface area contributed by atoms with Gasteiger partial charge in [-0.3, -0.25) is 4.79 Å². The first kappa shape index (κ1) is 21.1. The van der Waals surface area contributed by atoms with Gasteiger partial charge in [-0.25, -0.2) is 4.79 Å². The lowest BCUT2D eigenvalue weighted by molar-refractivity contribution is -0.137. The molecule has 3 aromatic carbocycles. The summed E-state index contributed by atoms with van der Waals surface area (Å²) in [5.74, 6) is -1.49. The maximum atomic E-state index is 13.2. The average Bonchev–Trinajstić information content (AvgIpc) is 2.72. The highest BCUT2D eigenvalue weighted by atomic mass is 19.4. The molecule has 0 unspecified atom stereocenters. The topological polar surface area (TPSA) is 66.4 Å². The quantitative estimate of drug-likeness (QED) is 0.549. The Morgan fingerprint density at radius 2 is 1.50 bits per heavy atom. The monoisotopic (exact) mass is 413 g/mol. The van der Waals surface area contributed by atoms with Crippen LogP contribution >= 0.6 is 0 Å². The second-order valence-electron chi connectivity index (χ2n) is 6.64. The van der Waals surface area contributed by atoms with Crippen LogP contribution in [-0.2, 0) is 17.4 Å². The highest BCUT2D eigenvalue weighted by Gasteiger charge is 2.33. The third kappa shape index (κ3) is 5.05. The van der Waals surface area contributed by atoms with Gasteiger partial charge in [-0.2, -0.15) is 13.2 Å². The molecule has 3 aromatic rings. The second kappa shape index (κ2) is 8.82. The van der Waals surface area contributed by atoms with Gasteiger partial charge in [0.1, 0.15) is 0 Å². The Hall–Kier alpha value is -3.61. The van der Waals surface area contributed by atoms with Crippen LogP contribution in [0.4, 0.5) is 18.9 Å². The van der Waals surface area contributed by atoms with E-state index in [4.69, 9.17) is 5.11 Å². The van der Waals surface area contributed by atoms with Crippen molar-refractivity contribution in [2.24, 2.45) is 0 Å². The summed E-state index contributed by atoms with van der Waals surface area (Å²) in [6, 6.07) is 18.0. The van der Waals surface area contributed by atoms with Crippen molar-refractivity contribution in [3.63, 3.8) is 0 Å². The van der Waals surface area contributed by atoms with E-state index in [-0.39, 0.29) is 29.1 Å². The first-order valence-electron chi connectivity index (χ1n) is 9.13. The summed E-state index contributed by atoms with van der Waals surface area (Å²) in [7, 11) is 0. The number of aromatic carboxylic acids is 1. The zero-order chi connectivity index (χ0) is 21.7. The fourth-order valence-electron chi connectivity index (χ4n) is 3.08. The smallest absolute Gasteiger partial charge is 0.417 e. The van der Waals surface area contributed by atoms with E-state index in [1.807, 2.05) is 0 Å². The van der Waals surface area contributed by atoms with Crippen molar-refractivity contribution < 1.29 is 27.9 Å². The molecule has 1 amide bonds. The number of alkyl halides is 3. The first-order valence-corrected chi connectivity index (χ1v) is 9.13. The third-order valence-corrected chi connectivity index (χ3v) is 4.57. The van der Waals surface area contributed by atoms with E-state index < -0.39 is 17.7 Å². The molecule has 0 spiro atoms. The number of benzene rings is 3. The van der Waals surface area contributed by atoms with Crippen molar-refractivity contribution in [2.75, 3.05) is 5.32 Å². The van der Waals surface area contributed by atoms with Gasteiger partial charge in [-0.15, -0.1) is 0 Å². The number of hydrogen-bond donors (Lipinski definition) is 2. The predicted octanol–water partition coefficient (Wildman–Crippen LogP) is 5.64. The first-order chi connectivity index (χ1) is 14.3.